The van der Waals surface area contributed by atoms with Crippen LogP contribution in [-0.4, -0.2) is 4.57 Å². The van der Waals surface area contributed by atoms with Gasteiger partial charge in [-0.15, -0.1) is 0 Å². The first-order valence-corrected chi connectivity index (χ1v) is 14.8. The minimum atomic E-state index is -0.384. The molecule has 1 aliphatic rings. The summed E-state index contributed by atoms with van der Waals surface area (Å²) >= 11 is 1.71. The van der Waals surface area contributed by atoms with Crippen LogP contribution in [0.4, 0.5) is 0 Å². The Labute approximate surface area is 255 Å². The molecule has 1 aromatic heterocycles. The van der Waals surface area contributed by atoms with Crippen molar-refractivity contribution in [3.05, 3.63) is 152 Å². The van der Waals surface area contributed by atoms with Crippen LogP contribution in [-0.2, 0) is 0 Å². The van der Waals surface area contributed by atoms with E-state index in [1.807, 2.05) is 30.3 Å². The van der Waals surface area contributed by atoms with Crippen molar-refractivity contribution in [1.82, 2.24) is 4.57 Å². The first kappa shape index (κ1) is 19.1. The van der Waals surface area contributed by atoms with Crippen molar-refractivity contribution in [2.24, 2.45) is 0 Å². The van der Waals surface area contributed by atoms with Gasteiger partial charge in [0.25, 0.3) is 0 Å². The van der Waals surface area contributed by atoms with Crippen molar-refractivity contribution < 1.29 is 6.85 Å². The minimum Gasteiger partial charge on any atom is -0.309 e. The molecule has 7 aromatic carbocycles. The molecule has 0 saturated heterocycles. The van der Waals surface area contributed by atoms with E-state index in [1.54, 1.807) is 11.8 Å². The average molecular weight is 557 g/mol. The maximum absolute atomic E-state index is 8.66. The van der Waals surface area contributed by atoms with Crippen LogP contribution in [0.2, 0.25) is 0 Å². The molecule has 0 aliphatic carbocycles. The fourth-order valence-corrected chi connectivity index (χ4v) is 7.63. The number of para-hydroxylation sites is 2. The molecular weight excluding hydrogens is 527 g/mol. The summed E-state index contributed by atoms with van der Waals surface area (Å²) < 4.78 is 44.3. The van der Waals surface area contributed by atoms with Crippen LogP contribution >= 0.6 is 11.8 Å². The van der Waals surface area contributed by atoms with E-state index in [0.717, 1.165) is 59.5 Å². The predicted octanol–water partition coefficient (Wildman–Crippen LogP) is 11.4. The number of rotatable bonds is 3. The molecule has 0 amide bonds. The van der Waals surface area contributed by atoms with E-state index in [2.05, 4.69) is 95.6 Å². The number of benzene rings is 7. The maximum Gasteiger partial charge on any atom is 0.0629 e. The van der Waals surface area contributed by atoms with Crippen LogP contribution in [0, 0.1) is 0 Å². The summed E-state index contributed by atoms with van der Waals surface area (Å²) in [6, 6.07) is 40.9. The fourth-order valence-electron chi connectivity index (χ4n) is 6.52. The van der Waals surface area contributed by atoms with E-state index in [1.165, 1.54) is 10.8 Å². The monoisotopic (exact) mass is 556 g/mol. The van der Waals surface area contributed by atoms with Gasteiger partial charge >= 0.3 is 0 Å². The molecule has 8 aromatic rings. The van der Waals surface area contributed by atoms with E-state index in [0.29, 0.717) is 5.56 Å². The third kappa shape index (κ3) is 3.46. The highest BCUT2D eigenvalue weighted by molar-refractivity contribution is 7.99. The lowest BCUT2D eigenvalue weighted by molar-refractivity contribution is 1.18. The number of nitrogens with zero attached hydrogens (tertiary/aromatic N) is 1. The van der Waals surface area contributed by atoms with Crippen LogP contribution in [0.3, 0.4) is 0 Å². The van der Waals surface area contributed by atoms with E-state index in [4.69, 9.17) is 6.85 Å². The highest BCUT2D eigenvalue weighted by atomic mass is 32.2. The summed E-state index contributed by atoms with van der Waals surface area (Å²) in [5, 5.41) is 4.31. The second-order valence-corrected chi connectivity index (χ2v) is 11.6. The first-order chi connectivity index (χ1) is 22.9. The van der Waals surface area contributed by atoms with Crippen LogP contribution in [0.25, 0.3) is 71.6 Å². The molecule has 0 fully saturated rings. The normalized spacial score (nSPS) is 13.9. The summed E-state index contributed by atoms with van der Waals surface area (Å²) in [7, 11) is 0. The van der Waals surface area contributed by atoms with Gasteiger partial charge < -0.3 is 4.57 Å². The van der Waals surface area contributed by atoms with Crippen molar-refractivity contribution in [3.8, 4) is 39.1 Å². The summed E-state index contributed by atoms with van der Waals surface area (Å²) in [5.74, 6) is 0. The highest BCUT2D eigenvalue weighted by Crippen LogP contribution is 2.51. The van der Waals surface area contributed by atoms with Crippen molar-refractivity contribution in [1.29, 1.82) is 0 Å². The number of fused-ring (bicyclic) bond motifs is 5. The van der Waals surface area contributed by atoms with Crippen LogP contribution in [0.1, 0.15) is 6.85 Å². The molecule has 9 rings (SSSR count). The molecule has 0 bridgehead atoms. The van der Waals surface area contributed by atoms with Gasteiger partial charge in [-0.1, -0.05) is 121 Å². The van der Waals surface area contributed by atoms with E-state index >= 15 is 0 Å². The summed E-state index contributed by atoms with van der Waals surface area (Å²) in [6.07, 6.45) is 0. The lowest BCUT2D eigenvalue weighted by Gasteiger charge is -2.22. The highest BCUT2D eigenvalue weighted by Gasteiger charge is 2.22. The summed E-state index contributed by atoms with van der Waals surface area (Å²) in [5.41, 5.74) is 8.77. The van der Waals surface area contributed by atoms with Crippen molar-refractivity contribution in [3.63, 3.8) is 0 Å². The molecular formula is C40H25NS. The smallest absolute Gasteiger partial charge is 0.0629 e. The Morgan fingerprint density at radius 3 is 2.12 bits per heavy atom. The molecule has 1 aliphatic heterocycles. The Hall–Kier alpha value is -5.05. The molecule has 196 valence electrons. The zero-order valence-electron chi connectivity index (χ0n) is 27.4. The van der Waals surface area contributed by atoms with Gasteiger partial charge in [-0.3, -0.25) is 0 Å². The zero-order chi connectivity index (χ0) is 32.0. The molecule has 0 unspecified atom stereocenters. The van der Waals surface area contributed by atoms with E-state index in [-0.39, 0.29) is 35.8 Å². The number of hydrogen-bond acceptors (Lipinski definition) is 1. The molecule has 1 nitrogen and oxygen atoms in total. The van der Waals surface area contributed by atoms with Crippen molar-refractivity contribution in [2.75, 3.05) is 0 Å². The number of hydrogen-bond donors (Lipinski definition) is 0. The predicted molar refractivity (Wildman–Crippen MR) is 179 cm³/mol. The first-order valence-electron chi connectivity index (χ1n) is 16.5. The topological polar surface area (TPSA) is 4.93 Å². The molecule has 0 saturated carbocycles. The third-order valence-corrected chi connectivity index (χ3v) is 9.42. The standard InChI is InChI=1S/C40H25NS/c1-3-11-26(12-4-1)29-22-24-38-40-31(29)17-9-18-32(40)34-25-27(21-23-37(34)42-38)30-16-10-20-36-39(30)33-15-7-8-19-35(33)41(36)28-13-5-2-6-14-28/h1-25H/i1D,3D,4D,11D,12D. The van der Waals surface area contributed by atoms with Crippen molar-refractivity contribution in [2.45, 2.75) is 9.79 Å². The summed E-state index contributed by atoms with van der Waals surface area (Å²) in [6.45, 7) is 0. The summed E-state index contributed by atoms with van der Waals surface area (Å²) in [4.78, 5) is 2.24. The Kier molecular flexibility index (Phi) is 4.21. The van der Waals surface area contributed by atoms with Crippen LogP contribution in [0.15, 0.2) is 161 Å². The molecule has 0 atom stereocenters. The average Bonchev–Trinajstić information content (AvgIpc) is 3.46. The SMILES string of the molecule is [2H]c1c([2H])c([2H])c(-c2ccc3c4c(cccc24)-c2cc(-c4cccc5c4c4ccccc4n5-c4ccccc4)ccc2S3)c([2H])c1[2H]. The van der Waals surface area contributed by atoms with Crippen LogP contribution < -0.4 is 0 Å². The van der Waals surface area contributed by atoms with E-state index < -0.39 is 0 Å². The molecule has 2 heterocycles. The fraction of sp³-hybridized carbons (Fsp3) is 0. The van der Waals surface area contributed by atoms with Gasteiger partial charge in [0, 0.05) is 31.6 Å². The van der Waals surface area contributed by atoms with Gasteiger partial charge in [-0.2, -0.15) is 0 Å². The van der Waals surface area contributed by atoms with Gasteiger partial charge in [0.05, 0.1) is 17.9 Å². The molecule has 0 N–H and O–H groups in total. The quantitative estimate of drug-likeness (QED) is 0.209. The van der Waals surface area contributed by atoms with Gasteiger partial charge in [0.1, 0.15) is 0 Å². The second kappa shape index (κ2) is 9.24. The van der Waals surface area contributed by atoms with Gasteiger partial charge in [0.15, 0.2) is 0 Å². The van der Waals surface area contributed by atoms with Gasteiger partial charge in [-0.25, -0.2) is 0 Å². The Morgan fingerprint density at radius 1 is 0.476 bits per heavy atom. The maximum atomic E-state index is 8.66. The van der Waals surface area contributed by atoms with Gasteiger partial charge in [0.2, 0.25) is 0 Å². The second-order valence-electron chi connectivity index (χ2n) is 10.5. The molecule has 0 spiro atoms. The molecule has 42 heavy (non-hydrogen) atoms. The van der Waals surface area contributed by atoms with Gasteiger partial charge in [-0.05, 0) is 81.2 Å². The molecule has 2 heteroatoms. The third-order valence-electron chi connectivity index (χ3n) is 8.28. The van der Waals surface area contributed by atoms with Crippen LogP contribution in [0.5, 0.6) is 0 Å². The minimum absolute atomic E-state index is 0.189. The Bertz CT molecular complexity index is 2580. The Balaban J connectivity index is 1.27. The number of aromatic nitrogens is 1. The Morgan fingerprint density at radius 2 is 1.21 bits per heavy atom. The lowest BCUT2D eigenvalue weighted by Crippen LogP contribution is -1.95. The molecule has 0 radical (unpaired) electrons. The lowest BCUT2D eigenvalue weighted by atomic mass is 9.90. The zero-order valence-corrected chi connectivity index (χ0v) is 23.2. The van der Waals surface area contributed by atoms with Crippen molar-refractivity contribution >= 4 is 44.3 Å². The van der Waals surface area contributed by atoms with E-state index in [9.17, 15) is 0 Å². The largest absolute Gasteiger partial charge is 0.309 e.